The fraction of sp³-hybridized carbons (Fsp3) is 0.0556. The lowest BCUT2D eigenvalue weighted by molar-refractivity contribution is 0.102. The minimum Gasteiger partial charge on any atom is -0.507 e. The Kier molecular flexibility index (Phi) is 4.67. The maximum atomic E-state index is 11.9. The predicted octanol–water partition coefficient (Wildman–Crippen LogP) is 4.40. The van der Waals surface area contributed by atoms with Gasteiger partial charge in [0.2, 0.25) is 10.9 Å². The number of aryl methyl sites for hydroxylation is 1. The molecule has 1 aromatic carbocycles. The van der Waals surface area contributed by atoms with Crippen molar-refractivity contribution in [1.29, 1.82) is 0 Å². The van der Waals surface area contributed by atoms with Crippen molar-refractivity contribution in [1.82, 2.24) is 4.98 Å². The lowest BCUT2D eigenvalue weighted by Gasteiger charge is -2.05. The molecule has 0 saturated heterocycles. The van der Waals surface area contributed by atoms with Crippen LogP contribution in [0.25, 0.3) is 6.08 Å². The van der Waals surface area contributed by atoms with Crippen molar-refractivity contribution < 1.29 is 14.3 Å². The number of carbonyl (C=O) groups excluding carboxylic acids is 1. The summed E-state index contributed by atoms with van der Waals surface area (Å²) in [6, 6.07) is 6.83. The molecule has 6 heteroatoms. The SMILES string of the molecule is Cc1cc(/C=C/C(=O)c2ccco2)cc(/C=N/c2nccs2)c1O. The summed E-state index contributed by atoms with van der Waals surface area (Å²) >= 11 is 1.41. The number of aliphatic imine (C=N–C) groups is 1. The second-order valence-corrected chi connectivity index (χ2v) is 5.90. The normalized spacial score (nSPS) is 11.5. The van der Waals surface area contributed by atoms with Gasteiger partial charge in [0.15, 0.2) is 5.76 Å². The van der Waals surface area contributed by atoms with Crippen molar-refractivity contribution in [3.05, 3.63) is 70.6 Å². The summed E-state index contributed by atoms with van der Waals surface area (Å²) in [5, 5.41) is 12.6. The van der Waals surface area contributed by atoms with Gasteiger partial charge in [0, 0.05) is 23.4 Å². The number of carbonyl (C=O) groups is 1. The number of aromatic nitrogens is 1. The molecule has 0 radical (unpaired) electrons. The van der Waals surface area contributed by atoms with Crippen molar-refractivity contribution in [2.45, 2.75) is 6.92 Å². The fourth-order valence-corrected chi connectivity index (χ4v) is 2.59. The van der Waals surface area contributed by atoms with Gasteiger partial charge in [0.25, 0.3) is 0 Å². The molecule has 1 N–H and O–H groups in total. The van der Waals surface area contributed by atoms with Gasteiger partial charge in [-0.05, 0) is 48.4 Å². The minimum absolute atomic E-state index is 0.157. The highest BCUT2D eigenvalue weighted by Gasteiger charge is 2.07. The third kappa shape index (κ3) is 3.67. The number of thiazole rings is 1. The summed E-state index contributed by atoms with van der Waals surface area (Å²) < 4.78 is 5.06. The minimum atomic E-state index is -0.219. The Hall–Kier alpha value is -2.99. The van der Waals surface area contributed by atoms with Crippen LogP contribution in [0, 0.1) is 6.92 Å². The van der Waals surface area contributed by atoms with E-state index in [1.807, 2.05) is 5.38 Å². The smallest absolute Gasteiger partial charge is 0.221 e. The van der Waals surface area contributed by atoms with Gasteiger partial charge in [-0.15, -0.1) is 11.3 Å². The Morgan fingerprint density at radius 3 is 3.00 bits per heavy atom. The fourth-order valence-electron chi connectivity index (χ4n) is 2.11. The van der Waals surface area contributed by atoms with Crippen LogP contribution >= 0.6 is 11.3 Å². The van der Waals surface area contributed by atoms with Crippen LogP contribution in [0.4, 0.5) is 5.13 Å². The van der Waals surface area contributed by atoms with Crippen molar-refractivity contribution >= 4 is 34.5 Å². The highest BCUT2D eigenvalue weighted by Crippen LogP contribution is 2.24. The Morgan fingerprint density at radius 1 is 1.42 bits per heavy atom. The van der Waals surface area contributed by atoms with Crippen molar-refractivity contribution in [2.24, 2.45) is 4.99 Å². The highest BCUT2D eigenvalue weighted by atomic mass is 32.1. The molecule has 0 aliphatic heterocycles. The van der Waals surface area contributed by atoms with E-state index < -0.39 is 0 Å². The van der Waals surface area contributed by atoms with Crippen LogP contribution < -0.4 is 0 Å². The van der Waals surface area contributed by atoms with Gasteiger partial charge in [-0.3, -0.25) is 4.79 Å². The van der Waals surface area contributed by atoms with E-state index in [-0.39, 0.29) is 17.3 Å². The largest absolute Gasteiger partial charge is 0.507 e. The molecule has 0 saturated carbocycles. The van der Waals surface area contributed by atoms with Gasteiger partial charge in [0.1, 0.15) is 5.75 Å². The van der Waals surface area contributed by atoms with Gasteiger partial charge in [-0.25, -0.2) is 9.98 Å². The Labute approximate surface area is 142 Å². The molecule has 0 aliphatic rings. The second kappa shape index (κ2) is 7.06. The van der Waals surface area contributed by atoms with E-state index in [2.05, 4.69) is 9.98 Å². The van der Waals surface area contributed by atoms with E-state index in [9.17, 15) is 9.90 Å². The standard InChI is InChI=1S/C18H14N2O3S/c1-12-9-13(4-5-15(21)16-3-2-7-23-16)10-14(17(12)22)11-20-18-19-6-8-24-18/h2-11,22H,1H3/b5-4+,20-11+. The number of rotatable bonds is 5. The van der Waals surface area contributed by atoms with Crippen molar-refractivity contribution in [3.63, 3.8) is 0 Å². The molecule has 0 spiro atoms. The molecule has 0 atom stereocenters. The summed E-state index contributed by atoms with van der Waals surface area (Å²) in [7, 11) is 0. The number of ketones is 1. The number of phenols is 1. The van der Waals surface area contributed by atoms with Gasteiger partial charge >= 0.3 is 0 Å². The number of benzene rings is 1. The lowest BCUT2D eigenvalue weighted by Crippen LogP contribution is -1.92. The predicted molar refractivity (Wildman–Crippen MR) is 94.3 cm³/mol. The van der Waals surface area contributed by atoms with Crippen LogP contribution in [-0.2, 0) is 0 Å². The molecule has 24 heavy (non-hydrogen) atoms. The van der Waals surface area contributed by atoms with E-state index >= 15 is 0 Å². The number of furan rings is 1. The average molecular weight is 338 g/mol. The third-order valence-corrected chi connectivity index (χ3v) is 3.96. The first-order valence-electron chi connectivity index (χ1n) is 7.16. The molecule has 0 aliphatic carbocycles. The van der Waals surface area contributed by atoms with Gasteiger partial charge < -0.3 is 9.52 Å². The molecule has 3 aromatic rings. The number of allylic oxidation sites excluding steroid dienone is 1. The Morgan fingerprint density at radius 2 is 2.29 bits per heavy atom. The van der Waals surface area contributed by atoms with Crippen LogP contribution in [-0.4, -0.2) is 22.1 Å². The van der Waals surface area contributed by atoms with Crippen LogP contribution in [0.3, 0.4) is 0 Å². The molecule has 2 aromatic heterocycles. The van der Waals surface area contributed by atoms with Gasteiger partial charge in [-0.1, -0.05) is 6.08 Å². The summed E-state index contributed by atoms with van der Waals surface area (Å²) in [5.74, 6) is 0.223. The van der Waals surface area contributed by atoms with E-state index in [4.69, 9.17) is 4.42 Å². The van der Waals surface area contributed by atoms with E-state index in [1.54, 1.807) is 49.7 Å². The van der Waals surface area contributed by atoms with Crippen molar-refractivity contribution in [2.75, 3.05) is 0 Å². The highest BCUT2D eigenvalue weighted by molar-refractivity contribution is 7.13. The molecule has 3 rings (SSSR count). The zero-order valence-corrected chi connectivity index (χ0v) is 13.7. The van der Waals surface area contributed by atoms with Crippen LogP contribution in [0.15, 0.2) is 57.6 Å². The van der Waals surface area contributed by atoms with E-state index in [0.717, 1.165) is 5.56 Å². The van der Waals surface area contributed by atoms with E-state index in [1.165, 1.54) is 23.7 Å². The first-order valence-corrected chi connectivity index (χ1v) is 8.04. The molecule has 0 fully saturated rings. The summed E-state index contributed by atoms with van der Waals surface area (Å²) in [5.41, 5.74) is 2.05. The molecule has 0 bridgehead atoms. The Balaban J connectivity index is 1.85. The van der Waals surface area contributed by atoms with Gasteiger partial charge in [0.05, 0.1) is 6.26 Å². The number of hydrogen-bond acceptors (Lipinski definition) is 6. The maximum absolute atomic E-state index is 11.9. The topological polar surface area (TPSA) is 75.7 Å². The second-order valence-electron chi connectivity index (χ2n) is 5.02. The van der Waals surface area contributed by atoms with E-state index in [0.29, 0.717) is 16.3 Å². The van der Waals surface area contributed by atoms with Crippen LogP contribution in [0.5, 0.6) is 5.75 Å². The molecule has 2 heterocycles. The third-order valence-electron chi connectivity index (χ3n) is 3.28. The Bertz CT molecular complexity index is 895. The number of aromatic hydroxyl groups is 1. The number of phenolic OH excluding ortho intramolecular Hbond substituents is 1. The quantitative estimate of drug-likeness (QED) is 0.425. The molecule has 120 valence electrons. The maximum Gasteiger partial charge on any atom is 0.221 e. The first kappa shape index (κ1) is 15.9. The average Bonchev–Trinajstić information content (AvgIpc) is 3.27. The monoisotopic (exact) mass is 338 g/mol. The first-order chi connectivity index (χ1) is 11.6. The summed E-state index contributed by atoms with van der Waals surface area (Å²) in [6.07, 6.45) is 7.80. The van der Waals surface area contributed by atoms with Gasteiger partial charge in [-0.2, -0.15) is 0 Å². The zero-order chi connectivity index (χ0) is 16.9. The summed E-state index contributed by atoms with van der Waals surface area (Å²) in [6.45, 7) is 1.79. The van der Waals surface area contributed by atoms with Crippen molar-refractivity contribution in [3.8, 4) is 5.75 Å². The molecule has 5 nitrogen and oxygen atoms in total. The molecule has 0 unspecified atom stereocenters. The zero-order valence-electron chi connectivity index (χ0n) is 12.8. The lowest BCUT2D eigenvalue weighted by atomic mass is 10.0. The number of nitrogens with zero attached hydrogens (tertiary/aromatic N) is 2. The molecular weight excluding hydrogens is 324 g/mol. The molecule has 0 amide bonds. The number of hydrogen-bond donors (Lipinski definition) is 1. The van der Waals surface area contributed by atoms with Crippen LogP contribution in [0.1, 0.15) is 27.2 Å². The molecular formula is C18H14N2O3S. The summed E-state index contributed by atoms with van der Waals surface area (Å²) in [4.78, 5) is 20.2. The van der Waals surface area contributed by atoms with Crippen LogP contribution in [0.2, 0.25) is 0 Å².